The van der Waals surface area contributed by atoms with Crippen LogP contribution in [-0.2, 0) is 22.6 Å². The SMILES string of the molecule is CC(C)CC(NC(=O)c1ccc2c(C3CCCCC3)c3n(c2c1)CCOc1ccccc1-3)C(=O)Cc1ccc(/C=C/C(=O)O)cc1. The number of ether oxygens (including phenoxy) is 1. The second-order valence-electron chi connectivity index (χ2n) is 13.0. The molecule has 1 amide bonds. The summed E-state index contributed by atoms with van der Waals surface area (Å²) in [6.07, 6.45) is 9.37. The minimum Gasteiger partial charge on any atom is -0.491 e. The Morgan fingerprint density at radius 2 is 1.76 bits per heavy atom. The second kappa shape index (κ2) is 13.8. The lowest BCUT2D eigenvalue weighted by atomic mass is 9.81. The standard InChI is InChI=1S/C39H42N2O5/c1-25(2)22-32(34(42)23-27-14-12-26(13-15-27)16-19-36(43)44)40-39(45)29-17-18-30-33(24-29)41-20-21-46-35-11-7-6-10-31(35)38(41)37(30)28-8-4-3-5-9-28/h6-7,10-19,24-25,28,32H,3-5,8-9,20-23H2,1-2H3,(H,40,45)(H,43,44)/b19-16+. The maximum absolute atomic E-state index is 13.8. The predicted molar refractivity (Wildman–Crippen MR) is 181 cm³/mol. The van der Waals surface area contributed by atoms with Gasteiger partial charge in [-0.05, 0) is 78.1 Å². The molecule has 1 aromatic heterocycles. The highest BCUT2D eigenvalue weighted by Gasteiger charge is 2.30. The molecule has 2 aliphatic rings. The van der Waals surface area contributed by atoms with E-state index in [2.05, 4.69) is 28.1 Å². The van der Waals surface area contributed by atoms with E-state index in [1.165, 1.54) is 42.0 Å². The van der Waals surface area contributed by atoms with Crippen molar-refractivity contribution < 1.29 is 24.2 Å². The first-order valence-corrected chi connectivity index (χ1v) is 16.5. The fourth-order valence-corrected chi connectivity index (χ4v) is 7.10. The number of nitrogens with zero attached hydrogens (tertiary/aromatic N) is 1. The molecular weight excluding hydrogens is 576 g/mol. The quantitative estimate of drug-likeness (QED) is 0.177. The van der Waals surface area contributed by atoms with Gasteiger partial charge in [0.2, 0.25) is 0 Å². The summed E-state index contributed by atoms with van der Waals surface area (Å²) >= 11 is 0. The fourth-order valence-electron chi connectivity index (χ4n) is 7.10. The Hall–Kier alpha value is -4.65. The minimum atomic E-state index is -1.01. The molecule has 238 valence electrons. The van der Waals surface area contributed by atoms with E-state index in [-0.39, 0.29) is 24.0 Å². The summed E-state index contributed by atoms with van der Waals surface area (Å²) in [6.45, 7) is 5.34. The van der Waals surface area contributed by atoms with Gasteiger partial charge < -0.3 is 19.7 Å². The summed E-state index contributed by atoms with van der Waals surface area (Å²) in [5, 5.41) is 13.1. The Balaban J connectivity index is 1.29. The Kier molecular flexibility index (Phi) is 9.38. The lowest BCUT2D eigenvalue weighted by Gasteiger charge is -2.23. The van der Waals surface area contributed by atoms with Gasteiger partial charge in [0.1, 0.15) is 12.4 Å². The van der Waals surface area contributed by atoms with Crippen LogP contribution in [0.4, 0.5) is 0 Å². The number of ketones is 1. The first kappa shape index (κ1) is 31.3. The summed E-state index contributed by atoms with van der Waals surface area (Å²) in [7, 11) is 0. The Bertz CT molecular complexity index is 1780. The maximum atomic E-state index is 13.8. The number of rotatable bonds is 10. The van der Waals surface area contributed by atoms with Crippen LogP contribution in [-0.4, -0.2) is 40.0 Å². The summed E-state index contributed by atoms with van der Waals surface area (Å²) in [5.41, 5.74) is 6.82. The highest BCUT2D eigenvalue weighted by atomic mass is 16.5. The van der Waals surface area contributed by atoms with Crippen molar-refractivity contribution in [3.8, 4) is 17.0 Å². The van der Waals surface area contributed by atoms with E-state index in [0.29, 0.717) is 31.1 Å². The van der Waals surface area contributed by atoms with Crippen LogP contribution in [0.1, 0.15) is 85.3 Å². The number of fused-ring (bicyclic) bond motifs is 5. The van der Waals surface area contributed by atoms with Crippen LogP contribution >= 0.6 is 0 Å². The van der Waals surface area contributed by atoms with Gasteiger partial charge in [-0.25, -0.2) is 4.79 Å². The molecule has 46 heavy (non-hydrogen) atoms. The average molecular weight is 619 g/mol. The molecule has 4 aromatic rings. The van der Waals surface area contributed by atoms with E-state index >= 15 is 0 Å². The monoisotopic (exact) mass is 618 g/mol. The minimum absolute atomic E-state index is 0.0538. The molecular formula is C39H42N2O5. The topological polar surface area (TPSA) is 97.6 Å². The predicted octanol–water partition coefficient (Wildman–Crippen LogP) is 7.80. The second-order valence-corrected chi connectivity index (χ2v) is 13.0. The van der Waals surface area contributed by atoms with Gasteiger partial charge in [-0.15, -0.1) is 0 Å². The van der Waals surface area contributed by atoms with Crippen molar-refractivity contribution in [3.05, 3.63) is 95.1 Å². The van der Waals surface area contributed by atoms with Crippen molar-refractivity contribution >= 4 is 34.6 Å². The molecule has 2 heterocycles. The largest absolute Gasteiger partial charge is 0.491 e. The van der Waals surface area contributed by atoms with Crippen molar-refractivity contribution in [3.63, 3.8) is 0 Å². The van der Waals surface area contributed by atoms with Gasteiger partial charge in [0, 0.05) is 34.5 Å². The molecule has 1 atom stereocenters. The third-order valence-corrected chi connectivity index (χ3v) is 9.27. The van der Waals surface area contributed by atoms with Crippen LogP contribution in [0, 0.1) is 5.92 Å². The molecule has 1 unspecified atom stereocenters. The first-order valence-electron chi connectivity index (χ1n) is 16.5. The molecule has 3 aromatic carbocycles. The normalized spacial score (nSPS) is 15.6. The number of hydrogen-bond donors (Lipinski definition) is 2. The van der Waals surface area contributed by atoms with Gasteiger partial charge in [-0.2, -0.15) is 0 Å². The van der Waals surface area contributed by atoms with E-state index in [4.69, 9.17) is 9.84 Å². The van der Waals surface area contributed by atoms with Gasteiger partial charge in [0.05, 0.1) is 18.3 Å². The van der Waals surface area contributed by atoms with Gasteiger partial charge in [0.25, 0.3) is 5.91 Å². The number of nitrogens with one attached hydrogen (secondary N) is 1. The van der Waals surface area contributed by atoms with Crippen LogP contribution < -0.4 is 10.1 Å². The molecule has 0 spiro atoms. The van der Waals surface area contributed by atoms with Crippen molar-refractivity contribution in [2.75, 3.05) is 6.61 Å². The maximum Gasteiger partial charge on any atom is 0.328 e. The van der Waals surface area contributed by atoms with Crippen LogP contribution in [0.3, 0.4) is 0 Å². The third-order valence-electron chi connectivity index (χ3n) is 9.27. The van der Waals surface area contributed by atoms with Gasteiger partial charge >= 0.3 is 5.97 Å². The molecule has 1 saturated carbocycles. The number of carboxylic acids is 1. The Morgan fingerprint density at radius 3 is 2.50 bits per heavy atom. The zero-order valence-corrected chi connectivity index (χ0v) is 26.6. The van der Waals surface area contributed by atoms with Gasteiger partial charge in [-0.3, -0.25) is 9.59 Å². The van der Waals surface area contributed by atoms with Crippen molar-refractivity contribution in [2.45, 2.75) is 77.3 Å². The van der Waals surface area contributed by atoms with E-state index in [0.717, 1.165) is 46.9 Å². The summed E-state index contributed by atoms with van der Waals surface area (Å²) in [5.74, 6) is 0.257. The number of carbonyl (C=O) groups excluding carboxylic acids is 2. The van der Waals surface area contributed by atoms with Crippen molar-refractivity contribution in [1.29, 1.82) is 0 Å². The van der Waals surface area contributed by atoms with Gasteiger partial charge in [-0.1, -0.05) is 75.6 Å². The van der Waals surface area contributed by atoms with Crippen LogP contribution in [0.25, 0.3) is 28.2 Å². The Morgan fingerprint density at radius 1 is 1.00 bits per heavy atom. The number of hydrogen-bond acceptors (Lipinski definition) is 4. The molecule has 0 bridgehead atoms. The fraction of sp³-hybridized carbons (Fsp3) is 0.359. The molecule has 7 nitrogen and oxygen atoms in total. The van der Waals surface area contributed by atoms with Gasteiger partial charge in [0.15, 0.2) is 5.78 Å². The summed E-state index contributed by atoms with van der Waals surface area (Å²) in [6, 6.07) is 20.9. The molecule has 0 radical (unpaired) electrons. The third kappa shape index (κ3) is 6.79. The molecule has 1 aliphatic heterocycles. The zero-order chi connectivity index (χ0) is 32.2. The highest BCUT2D eigenvalue weighted by Crippen LogP contribution is 2.47. The molecule has 6 rings (SSSR count). The van der Waals surface area contributed by atoms with E-state index in [1.54, 1.807) is 12.1 Å². The first-order chi connectivity index (χ1) is 22.3. The van der Waals surface area contributed by atoms with Crippen LogP contribution in [0.5, 0.6) is 5.75 Å². The number of Topliss-reactive ketones (excluding diaryl/α,β-unsaturated/α-hetero) is 1. The number of aliphatic carboxylic acids is 1. The Labute approximate surface area is 270 Å². The summed E-state index contributed by atoms with van der Waals surface area (Å²) < 4.78 is 8.53. The highest BCUT2D eigenvalue weighted by molar-refractivity contribution is 6.03. The lowest BCUT2D eigenvalue weighted by Crippen LogP contribution is -2.42. The number of aromatic nitrogens is 1. The van der Waals surface area contributed by atoms with E-state index in [9.17, 15) is 14.4 Å². The van der Waals surface area contributed by atoms with Crippen LogP contribution in [0.2, 0.25) is 0 Å². The van der Waals surface area contributed by atoms with E-state index in [1.807, 2.05) is 50.2 Å². The molecule has 1 fully saturated rings. The number of carboxylic acid groups (broad SMARTS) is 1. The molecule has 1 aliphatic carbocycles. The van der Waals surface area contributed by atoms with Crippen molar-refractivity contribution in [1.82, 2.24) is 9.88 Å². The number of benzene rings is 3. The average Bonchev–Trinajstić information content (AvgIpc) is 3.25. The molecule has 7 heteroatoms. The molecule has 2 N–H and O–H groups in total. The summed E-state index contributed by atoms with van der Waals surface area (Å²) in [4.78, 5) is 38.1. The molecule has 0 saturated heterocycles. The number of carbonyl (C=O) groups is 3. The van der Waals surface area contributed by atoms with Crippen molar-refractivity contribution in [2.24, 2.45) is 5.92 Å². The lowest BCUT2D eigenvalue weighted by molar-refractivity contribution is -0.131. The number of para-hydroxylation sites is 1. The van der Waals surface area contributed by atoms with E-state index < -0.39 is 12.0 Å². The number of amides is 1. The smallest absolute Gasteiger partial charge is 0.328 e. The van der Waals surface area contributed by atoms with Crippen LogP contribution in [0.15, 0.2) is 72.8 Å². The zero-order valence-electron chi connectivity index (χ0n) is 26.6.